The van der Waals surface area contributed by atoms with Gasteiger partial charge in [0.05, 0.1) is 5.60 Å². The van der Waals surface area contributed by atoms with Crippen LogP contribution in [0.25, 0.3) is 0 Å². The van der Waals surface area contributed by atoms with E-state index in [-0.39, 0.29) is 11.7 Å². The molecule has 0 unspecified atom stereocenters. The molecule has 0 bridgehead atoms. The highest BCUT2D eigenvalue weighted by molar-refractivity contribution is 6.03. The third-order valence-corrected chi connectivity index (χ3v) is 4.69. The number of carbonyl (C=O) groups excluding carboxylic acids is 1. The second-order valence-electron chi connectivity index (χ2n) is 6.66. The van der Waals surface area contributed by atoms with E-state index in [1.54, 1.807) is 13.8 Å². The van der Waals surface area contributed by atoms with Gasteiger partial charge in [-0.25, -0.2) is 0 Å². The maximum atomic E-state index is 12.5. The number of ketones is 1. The van der Waals surface area contributed by atoms with Gasteiger partial charge in [-0.1, -0.05) is 13.8 Å². The lowest BCUT2D eigenvalue weighted by molar-refractivity contribution is -0.135. The minimum atomic E-state index is -1.25. The molecule has 2 aliphatic carbocycles. The average Bonchev–Trinajstić information content (AvgIpc) is 2.23. The van der Waals surface area contributed by atoms with E-state index >= 15 is 0 Å². The highest BCUT2D eigenvalue weighted by atomic mass is 16.3. The molecular weight excluding hydrogens is 228 g/mol. The van der Waals surface area contributed by atoms with Crippen molar-refractivity contribution in [1.29, 1.82) is 0 Å². The first-order valence-electron chi connectivity index (χ1n) is 6.90. The third kappa shape index (κ3) is 2.04. The fourth-order valence-corrected chi connectivity index (χ4v) is 3.39. The topological polar surface area (TPSA) is 57.5 Å². The van der Waals surface area contributed by atoms with Gasteiger partial charge in [0.1, 0.15) is 5.60 Å². The van der Waals surface area contributed by atoms with E-state index < -0.39 is 11.2 Å². The molecule has 3 nitrogen and oxygen atoms in total. The third-order valence-electron chi connectivity index (χ3n) is 4.69. The predicted octanol–water partition coefficient (Wildman–Crippen LogP) is 2.21. The largest absolute Gasteiger partial charge is 0.386 e. The maximum absolute atomic E-state index is 12.5. The monoisotopic (exact) mass is 252 g/mol. The summed E-state index contributed by atoms with van der Waals surface area (Å²) in [5, 5.41) is 20.7. The fourth-order valence-electron chi connectivity index (χ4n) is 3.39. The van der Waals surface area contributed by atoms with E-state index in [4.69, 9.17) is 0 Å². The van der Waals surface area contributed by atoms with Gasteiger partial charge in [0.15, 0.2) is 5.78 Å². The number of hydrogen-bond donors (Lipinski definition) is 2. The summed E-state index contributed by atoms with van der Waals surface area (Å²) in [6.07, 6.45) is 2.59. The van der Waals surface area contributed by atoms with Crippen molar-refractivity contribution in [2.45, 2.75) is 64.6 Å². The smallest absolute Gasteiger partial charge is 0.190 e. The van der Waals surface area contributed by atoms with E-state index in [9.17, 15) is 15.0 Å². The molecule has 0 radical (unpaired) electrons. The standard InChI is InChI=1S/C15H24O3/c1-9(2)10-5-7-14(3,17)11-6-8-15(4,18)13(16)12(10)11/h9-10,17-18H,5-8H2,1-4H3/t10-,14-,15+/m0/s1. The summed E-state index contributed by atoms with van der Waals surface area (Å²) in [5.74, 6) is 0.380. The zero-order valence-electron chi connectivity index (χ0n) is 11.8. The molecule has 0 heterocycles. The summed E-state index contributed by atoms with van der Waals surface area (Å²) in [6.45, 7) is 7.60. The van der Waals surface area contributed by atoms with Crippen molar-refractivity contribution in [2.24, 2.45) is 11.8 Å². The molecule has 0 amide bonds. The van der Waals surface area contributed by atoms with Crippen LogP contribution in [0.2, 0.25) is 0 Å². The quantitative estimate of drug-likeness (QED) is 0.752. The van der Waals surface area contributed by atoms with Gasteiger partial charge in [-0.15, -0.1) is 0 Å². The molecule has 0 aromatic carbocycles. The van der Waals surface area contributed by atoms with Crippen molar-refractivity contribution < 1.29 is 15.0 Å². The molecule has 0 aliphatic heterocycles. The number of rotatable bonds is 1. The molecule has 0 aromatic rings. The molecule has 2 rings (SSSR count). The normalized spacial score (nSPS) is 41.3. The van der Waals surface area contributed by atoms with Gasteiger partial charge in [0.2, 0.25) is 0 Å². The minimum Gasteiger partial charge on any atom is -0.386 e. The molecule has 102 valence electrons. The Kier molecular flexibility index (Phi) is 3.19. The lowest BCUT2D eigenvalue weighted by atomic mass is 9.63. The molecule has 2 N–H and O–H groups in total. The zero-order chi connectivity index (χ0) is 13.7. The van der Waals surface area contributed by atoms with Crippen LogP contribution in [0.15, 0.2) is 11.1 Å². The Hall–Kier alpha value is -0.670. The zero-order valence-corrected chi connectivity index (χ0v) is 11.8. The van der Waals surface area contributed by atoms with Crippen molar-refractivity contribution in [2.75, 3.05) is 0 Å². The first-order valence-corrected chi connectivity index (χ1v) is 6.90. The van der Waals surface area contributed by atoms with Crippen LogP contribution in [-0.4, -0.2) is 27.2 Å². The SMILES string of the molecule is CC(C)[C@@H]1CC[C@](C)(O)C2=C1C(=O)[C@](C)(O)CC2. The summed E-state index contributed by atoms with van der Waals surface area (Å²) in [5.41, 5.74) is -0.520. The van der Waals surface area contributed by atoms with Gasteiger partial charge < -0.3 is 10.2 Å². The van der Waals surface area contributed by atoms with Crippen LogP contribution in [0.4, 0.5) is 0 Å². The molecule has 0 aromatic heterocycles. The molecule has 0 spiro atoms. The molecular formula is C15H24O3. The maximum Gasteiger partial charge on any atom is 0.190 e. The number of carbonyl (C=O) groups is 1. The first kappa shape index (κ1) is 13.8. The Bertz CT molecular complexity index is 402. The molecule has 0 fully saturated rings. The average molecular weight is 252 g/mol. The summed E-state index contributed by atoms with van der Waals surface area (Å²) >= 11 is 0. The van der Waals surface area contributed by atoms with Crippen molar-refractivity contribution in [1.82, 2.24) is 0 Å². The van der Waals surface area contributed by atoms with E-state index in [1.165, 1.54) is 0 Å². The summed E-state index contributed by atoms with van der Waals surface area (Å²) < 4.78 is 0. The second-order valence-corrected chi connectivity index (χ2v) is 6.66. The lowest BCUT2D eigenvalue weighted by Crippen LogP contribution is -2.48. The van der Waals surface area contributed by atoms with Crippen LogP contribution in [-0.2, 0) is 4.79 Å². The second kappa shape index (κ2) is 4.17. The summed E-state index contributed by atoms with van der Waals surface area (Å²) in [6, 6.07) is 0. The van der Waals surface area contributed by atoms with E-state index in [1.807, 2.05) is 0 Å². The predicted molar refractivity (Wildman–Crippen MR) is 70.1 cm³/mol. The Morgan fingerprint density at radius 1 is 1.17 bits per heavy atom. The molecule has 3 atom stereocenters. The number of aliphatic hydroxyl groups is 2. The van der Waals surface area contributed by atoms with Crippen LogP contribution in [0.3, 0.4) is 0 Å². The lowest BCUT2D eigenvalue weighted by Gasteiger charge is -2.44. The van der Waals surface area contributed by atoms with Crippen LogP contribution < -0.4 is 0 Å². The molecule has 18 heavy (non-hydrogen) atoms. The summed E-state index contributed by atoms with van der Waals surface area (Å²) in [4.78, 5) is 12.5. The number of Topliss-reactive ketones (excluding diaryl/α,β-unsaturated/α-hetero) is 1. The van der Waals surface area contributed by atoms with Crippen LogP contribution in [0.1, 0.15) is 53.4 Å². The molecule has 2 aliphatic rings. The highest BCUT2D eigenvalue weighted by Crippen LogP contribution is 2.47. The van der Waals surface area contributed by atoms with E-state index in [0.717, 1.165) is 17.6 Å². The minimum absolute atomic E-state index is 0.164. The van der Waals surface area contributed by atoms with Crippen LogP contribution in [0.5, 0.6) is 0 Å². The Balaban J connectivity index is 2.53. The van der Waals surface area contributed by atoms with E-state index in [2.05, 4.69) is 13.8 Å². The van der Waals surface area contributed by atoms with Gasteiger partial charge in [-0.2, -0.15) is 0 Å². The van der Waals surface area contributed by atoms with Crippen LogP contribution in [0, 0.1) is 11.8 Å². The van der Waals surface area contributed by atoms with Gasteiger partial charge in [0, 0.05) is 5.57 Å². The molecule has 3 heteroatoms. The Morgan fingerprint density at radius 3 is 2.33 bits per heavy atom. The van der Waals surface area contributed by atoms with E-state index in [0.29, 0.717) is 25.2 Å². The van der Waals surface area contributed by atoms with Gasteiger partial charge in [-0.05, 0) is 56.9 Å². The number of hydrogen-bond acceptors (Lipinski definition) is 3. The fraction of sp³-hybridized carbons (Fsp3) is 0.800. The van der Waals surface area contributed by atoms with Crippen molar-refractivity contribution in [3.63, 3.8) is 0 Å². The van der Waals surface area contributed by atoms with Gasteiger partial charge in [0.25, 0.3) is 0 Å². The molecule has 0 saturated carbocycles. The summed E-state index contributed by atoms with van der Waals surface area (Å²) in [7, 11) is 0. The highest BCUT2D eigenvalue weighted by Gasteiger charge is 2.47. The van der Waals surface area contributed by atoms with Crippen molar-refractivity contribution in [3.05, 3.63) is 11.1 Å². The van der Waals surface area contributed by atoms with Crippen molar-refractivity contribution >= 4 is 5.78 Å². The van der Waals surface area contributed by atoms with Crippen molar-refractivity contribution in [3.8, 4) is 0 Å². The van der Waals surface area contributed by atoms with Gasteiger partial charge in [-0.3, -0.25) is 4.79 Å². The molecule has 0 saturated heterocycles. The Labute approximate surface area is 109 Å². The Morgan fingerprint density at radius 2 is 1.78 bits per heavy atom. The van der Waals surface area contributed by atoms with Gasteiger partial charge >= 0.3 is 0 Å². The van der Waals surface area contributed by atoms with Crippen LogP contribution >= 0.6 is 0 Å². The first-order chi connectivity index (χ1) is 8.17.